The summed E-state index contributed by atoms with van der Waals surface area (Å²) in [5.74, 6) is -2.43. The van der Waals surface area contributed by atoms with Crippen molar-refractivity contribution in [1.82, 2.24) is 0 Å². The summed E-state index contributed by atoms with van der Waals surface area (Å²) in [7, 11) is 0. The number of hydrogen-bond donors (Lipinski definition) is 4. The van der Waals surface area contributed by atoms with Gasteiger partial charge in [-0.25, -0.2) is 0 Å². The summed E-state index contributed by atoms with van der Waals surface area (Å²) in [6.45, 7) is 1.79. The molecule has 0 aromatic rings. The Morgan fingerprint density at radius 2 is 1.05 bits per heavy atom. The van der Waals surface area contributed by atoms with Crippen molar-refractivity contribution >= 4 is 17.9 Å². The van der Waals surface area contributed by atoms with Crippen LogP contribution in [0.15, 0.2) is 12.2 Å². The highest BCUT2D eigenvalue weighted by Crippen LogP contribution is 2.12. The number of ether oxygens (including phenoxy) is 1. The van der Waals surface area contributed by atoms with Gasteiger partial charge in [0.05, 0.1) is 19.4 Å². The monoisotopic (exact) mass is 530 g/mol. The van der Waals surface area contributed by atoms with Gasteiger partial charge in [-0.1, -0.05) is 96.1 Å². The van der Waals surface area contributed by atoms with E-state index in [0.29, 0.717) is 6.42 Å². The molecule has 0 aromatic carbocycles. The normalized spacial score (nSPS) is 11.6. The lowest BCUT2D eigenvalue weighted by Crippen LogP contribution is -2.21. The molecule has 0 aromatic heterocycles. The van der Waals surface area contributed by atoms with E-state index in [1.54, 1.807) is 0 Å². The molecule has 0 bridgehead atoms. The van der Waals surface area contributed by atoms with Crippen molar-refractivity contribution < 1.29 is 39.5 Å². The molecule has 4 N–H and O–H groups in total. The van der Waals surface area contributed by atoms with Crippen LogP contribution in [-0.4, -0.2) is 57.7 Å². The third-order valence-corrected chi connectivity index (χ3v) is 5.84. The fraction of sp³-hybridized carbons (Fsp3) is 0.828. The molecule has 0 fully saturated rings. The fourth-order valence-electron chi connectivity index (χ4n) is 3.58. The third-order valence-electron chi connectivity index (χ3n) is 5.84. The Kier molecular flexibility index (Phi) is 30.5. The van der Waals surface area contributed by atoms with Crippen LogP contribution < -0.4 is 0 Å². The summed E-state index contributed by atoms with van der Waals surface area (Å²) in [5, 5.41) is 33.6. The molecular formula is C29H54O8. The van der Waals surface area contributed by atoms with E-state index in [-0.39, 0.29) is 32.0 Å². The first-order valence-corrected chi connectivity index (χ1v) is 14.4. The van der Waals surface area contributed by atoms with Crippen molar-refractivity contribution in [3.05, 3.63) is 12.2 Å². The number of aliphatic carboxylic acids is 2. The summed E-state index contributed by atoms with van der Waals surface area (Å²) < 4.78 is 4.88. The Morgan fingerprint density at radius 3 is 1.46 bits per heavy atom. The molecule has 0 heterocycles. The molecule has 1 unspecified atom stereocenters. The molecular weight excluding hydrogens is 476 g/mol. The Bertz CT molecular complexity index is 548. The zero-order valence-electron chi connectivity index (χ0n) is 23.2. The predicted octanol–water partition coefficient (Wildman–Crippen LogP) is 6.42. The van der Waals surface area contributed by atoms with Crippen LogP contribution in [0.5, 0.6) is 0 Å². The van der Waals surface area contributed by atoms with Crippen LogP contribution in [0.1, 0.15) is 135 Å². The molecule has 0 rings (SSSR count). The number of carbonyl (C=O) groups excluding carboxylic acids is 1. The van der Waals surface area contributed by atoms with Gasteiger partial charge < -0.3 is 25.2 Å². The van der Waals surface area contributed by atoms with Crippen LogP contribution >= 0.6 is 0 Å². The van der Waals surface area contributed by atoms with Crippen LogP contribution in [0.3, 0.4) is 0 Å². The smallest absolute Gasteiger partial charge is 0.305 e. The van der Waals surface area contributed by atoms with Crippen LogP contribution in [0.4, 0.5) is 0 Å². The van der Waals surface area contributed by atoms with E-state index in [4.69, 9.17) is 25.2 Å². The molecule has 0 amide bonds. The number of allylic oxidation sites excluding steroid dienone is 2. The van der Waals surface area contributed by atoms with Gasteiger partial charge in [-0.3, -0.25) is 14.4 Å². The minimum atomic E-state index is -1.08. The highest BCUT2D eigenvalue weighted by Gasteiger charge is 2.07. The summed E-state index contributed by atoms with van der Waals surface area (Å²) >= 11 is 0. The second kappa shape index (κ2) is 30.3. The predicted molar refractivity (Wildman–Crippen MR) is 146 cm³/mol. The number of rotatable bonds is 25. The molecule has 218 valence electrons. The summed E-state index contributed by atoms with van der Waals surface area (Å²) in [6, 6.07) is 0. The first-order chi connectivity index (χ1) is 17.8. The zero-order valence-corrected chi connectivity index (χ0v) is 23.2. The second-order valence-electron chi connectivity index (χ2n) is 9.56. The molecule has 0 saturated heterocycles. The molecule has 0 aliphatic heterocycles. The van der Waals surface area contributed by atoms with E-state index in [0.717, 1.165) is 12.8 Å². The molecule has 8 heteroatoms. The minimum Gasteiger partial charge on any atom is -0.481 e. The van der Waals surface area contributed by atoms with Crippen LogP contribution in [0, 0.1) is 0 Å². The molecule has 1 atom stereocenters. The van der Waals surface area contributed by atoms with Gasteiger partial charge in [-0.05, 0) is 32.1 Å². The van der Waals surface area contributed by atoms with Gasteiger partial charge in [-0.15, -0.1) is 0 Å². The number of carboxylic acids is 2. The summed E-state index contributed by atoms with van der Waals surface area (Å²) in [5.41, 5.74) is 0. The number of carbonyl (C=O) groups is 3. The fourth-order valence-corrected chi connectivity index (χ4v) is 3.58. The average molecular weight is 531 g/mol. The quantitative estimate of drug-likeness (QED) is 0.0602. The van der Waals surface area contributed by atoms with Gasteiger partial charge in [0.2, 0.25) is 0 Å². The van der Waals surface area contributed by atoms with E-state index in [9.17, 15) is 14.4 Å². The Balaban J connectivity index is 0. The number of aliphatic hydroxyl groups excluding tert-OH is 2. The molecule has 8 nitrogen and oxygen atoms in total. The van der Waals surface area contributed by atoms with E-state index in [1.165, 1.54) is 96.3 Å². The molecule has 37 heavy (non-hydrogen) atoms. The SMILES string of the molecule is CCCCCCCC/C=C\CCCCCCCCCCCC(=O)OCC(O)CO.O=C(O)CCC(=O)O. The summed E-state index contributed by atoms with van der Waals surface area (Å²) in [6.07, 6.45) is 25.3. The van der Waals surface area contributed by atoms with Crippen molar-refractivity contribution in [2.75, 3.05) is 13.2 Å². The molecule has 0 aliphatic carbocycles. The zero-order chi connectivity index (χ0) is 28.0. The largest absolute Gasteiger partial charge is 0.481 e. The lowest BCUT2D eigenvalue weighted by Gasteiger charge is -2.08. The van der Waals surface area contributed by atoms with Gasteiger partial charge in [0.15, 0.2) is 0 Å². The summed E-state index contributed by atoms with van der Waals surface area (Å²) in [4.78, 5) is 30.7. The van der Waals surface area contributed by atoms with Crippen LogP contribution in [-0.2, 0) is 19.1 Å². The van der Waals surface area contributed by atoms with Crippen molar-refractivity contribution in [3.8, 4) is 0 Å². The second-order valence-corrected chi connectivity index (χ2v) is 9.56. The lowest BCUT2D eigenvalue weighted by molar-refractivity contribution is -0.147. The van der Waals surface area contributed by atoms with E-state index >= 15 is 0 Å². The number of unbranched alkanes of at least 4 members (excludes halogenated alkanes) is 15. The van der Waals surface area contributed by atoms with Gasteiger partial charge in [0.1, 0.15) is 12.7 Å². The maximum absolute atomic E-state index is 11.4. The third kappa shape index (κ3) is 36.3. The molecule has 0 aliphatic rings. The van der Waals surface area contributed by atoms with Crippen molar-refractivity contribution in [2.24, 2.45) is 0 Å². The number of aliphatic hydroxyl groups is 2. The van der Waals surface area contributed by atoms with E-state index in [1.807, 2.05) is 0 Å². The minimum absolute atomic E-state index is 0.107. The van der Waals surface area contributed by atoms with Crippen LogP contribution in [0.25, 0.3) is 0 Å². The topological polar surface area (TPSA) is 141 Å². The first-order valence-electron chi connectivity index (χ1n) is 14.4. The van der Waals surface area contributed by atoms with Crippen molar-refractivity contribution in [2.45, 2.75) is 141 Å². The van der Waals surface area contributed by atoms with Crippen LogP contribution in [0.2, 0.25) is 0 Å². The van der Waals surface area contributed by atoms with E-state index < -0.39 is 18.0 Å². The highest BCUT2D eigenvalue weighted by molar-refractivity contribution is 5.75. The number of esters is 1. The molecule has 0 radical (unpaired) electrons. The highest BCUT2D eigenvalue weighted by atomic mass is 16.5. The maximum Gasteiger partial charge on any atom is 0.305 e. The lowest BCUT2D eigenvalue weighted by atomic mass is 10.1. The average Bonchev–Trinajstić information content (AvgIpc) is 2.87. The standard InChI is InChI=1S/C25H48O4.C4H6O4/c1-2-3-4-5-6-7-8-9-10-11-12-13-14-15-16-17-18-19-20-21-25(28)29-23-24(27)22-26;5-3(6)1-2-4(7)8/h9-10,24,26-27H,2-8,11-23H2,1H3;1-2H2,(H,5,6)(H,7,8)/b10-9-;. The van der Waals surface area contributed by atoms with Crippen molar-refractivity contribution in [1.29, 1.82) is 0 Å². The van der Waals surface area contributed by atoms with Gasteiger partial charge in [0.25, 0.3) is 0 Å². The van der Waals surface area contributed by atoms with Gasteiger partial charge in [0, 0.05) is 6.42 Å². The number of carboxylic acid groups (broad SMARTS) is 2. The van der Waals surface area contributed by atoms with Gasteiger partial charge >= 0.3 is 17.9 Å². The number of hydrogen-bond acceptors (Lipinski definition) is 6. The molecule has 0 saturated carbocycles. The molecule has 0 spiro atoms. The maximum atomic E-state index is 11.4. The van der Waals surface area contributed by atoms with E-state index in [2.05, 4.69) is 19.1 Å². The van der Waals surface area contributed by atoms with Gasteiger partial charge in [-0.2, -0.15) is 0 Å². The van der Waals surface area contributed by atoms with Crippen molar-refractivity contribution in [3.63, 3.8) is 0 Å². The Morgan fingerprint density at radius 1 is 0.649 bits per heavy atom. The Labute approximate surface area is 224 Å². The Hall–Kier alpha value is -1.93. The first kappa shape index (κ1) is 37.2.